The summed E-state index contributed by atoms with van der Waals surface area (Å²) in [5.74, 6) is -0.421. The summed E-state index contributed by atoms with van der Waals surface area (Å²) in [6, 6.07) is 16.3. The van der Waals surface area contributed by atoms with Crippen molar-refractivity contribution in [3.8, 4) is 6.07 Å². The number of nitrogens with zero attached hydrogens (tertiary/aromatic N) is 4. The molecule has 0 amide bonds. The zero-order valence-electron chi connectivity index (χ0n) is 12.8. The molecule has 2 aromatic carbocycles. The van der Waals surface area contributed by atoms with E-state index in [0.717, 1.165) is 5.56 Å². The zero-order chi connectivity index (χ0) is 16.8. The predicted octanol–water partition coefficient (Wildman–Crippen LogP) is 2.56. The Bertz CT molecular complexity index is 865. The molecule has 6 heteroatoms. The third kappa shape index (κ3) is 3.65. The highest BCUT2D eigenvalue weighted by Crippen LogP contribution is 2.12. The molecule has 0 bridgehead atoms. The number of ether oxygens (including phenoxy) is 1. The molecule has 0 aliphatic heterocycles. The van der Waals surface area contributed by atoms with Crippen molar-refractivity contribution in [2.24, 2.45) is 0 Å². The molecular weight excluding hydrogens is 304 g/mol. The number of esters is 1. The fourth-order valence-corrected chi connectivity index (χ4v) is 2.23. The first kappa shape index (κ1) is 15.4. The van der Waals surface area contributed by atoms with E-state index in [1.54, 1.807) is 41.3 Å². The number of nitriles is 1. The van der Waals surface area contributed by atoms with Crippen LogP contribution in [0.25, 0.3) is 0 Å². The minimum Gasteiger partial charge on any atom is -0.457 e. The zero-order valence-corrected chi connectivity index (χ0v) is 12.8. The van der Waals surface area contributed by atoms with Gasteiger partial charge in [0, 0.05) is 5.56 Å². The van der Waals surface area contributed by atoms with Gasteiger partial charge in [0.05, 0.1) is 23.7 Å². The van der Waals surface area contributed by atoms with E-state index in [1.165, 1.54) is 6.33 Å². The summed E-state index contributed by atoms with van der Waals surface area (Å²) in [4.78, 5) is 16.0. The van der Waals surface area contributed by atoms with Gasteiger partial charge in [-0.2, -0.15) is 10.4 Å². The Labute approximate surface area is 138 Å². The maximum absolute atomic E-state index is 12.1. The Morgan fingerprint density at radius 2 is 1.96 bits per heavy atom. The lowest BCUT2D eigenvalue weighted by Gasteiger charge is -2.07. The van der Waals surface area contributed by atoms with E-state index in [9.17, 15) is 4.79 Å². The molecule has 0 unspecified atom stereocenters. The van der Waals surface area contributed by atoms with Crippen molar-refractivity contribution in [2.45, 2.75) is 13.2 Å². The van der Waals surface area contributed by atoms with Crippen molar-refractivity contribution in [1.82, 2.24) is 14.8 Å². The van der Waals surface area contributed by atoms with Crippen molar-refractivity contribution < 1.29 is 9.53 Å². The maximum atomic E-state index is 12.1. The highest BCUT2D eigenvalue weighted by molar-refractivity contribution is 5.89. The lowest BCUT2D eigenvalue weighted by molar-refractivity contribution is 0.0472. The van der Waals surface area contributed by atoms with E-state index in [1.807, 2.05) is 18.2 Å². The molecule has 1 aromatic heterocycles. The fourth-order valence-electron chi connectivity index (χ4n) is 2.23. The molecular formula is C18H14N4O2. The van der Waals surface area contributed by atoms with Crippen molar-refractivity contribution in [3.63, 3.8) is 0 Å². The summed E-state index contributed by atoms with van der Waals surface area (Å²) >= 11 is 0. The van der Waals surface area contributed by atoms with Crippen LogP contribution in [0.1, 0.15) is 27.0 Å². The highest BCUT2D eigenvalue weighted by Gasteiger charge is 2.09. The van der Waals surface area contributed by atoms with Gasteiger partial charge in [-0.1, -0.05) is 30.3 Å². The second-order valence-corrected chi connectivity index (χ2v) is 5.14. The van der Waals surface area contributed by atoms with Gasteiger partial charge in [-0.05, 0) is 23.8 Å². The van der Waals surface area contributed by atoms with Gasteiger partial charge in [-0.25, -0.2) is 14.5 Å². The topological polar surface area (TPSA) is 80.8 Å². The number of carbonyl (C=O) groups excluding carboxylic acids is 1. The molecule has 0 saturated carbocycles. The number of benzene rings is 2. The molecule has 0 fully saturated rings. The molecule has 6 nitrogen and oxygen atoms in total. The third-order valence-electron chi connectivity index (χ3n) is 3.50. The molecule has 0 aliphatic rings. The molecule has 3 rings (SSSR count). The Kier molecular flexibility index (Phi) is 4.63. The number of rotatable bonds is 5. The van der Waals surface area contributed by atoms with Gasteiger partial charge in [0.15, 0.2) is 0 Å². The molecule has 0 radical (unpaired) electrons. The lowest BCUT2D eigenvalue weighted by Crippen LogP contribution is -2.07. The van der Waals surface area contributed by atoms with E-state index >= 15 is 0 Å². The molecule has 0 N–H and O–H groups in total. The second kappa shape index (κ2) is 7.20. The monoisotopic (exact) mass is 318 g/mol. The van der Waals surface area contributed by atoms with Crippen LogP contribution in [-0.4, -0.2) is 20.7 Å². The molecule has 0 atom stereocenters. The summed E-state index contributed by atoms with van der Waals surface area (Å²) in [6.45, 7) is 0.661. The number of aromatic nitrogens is 3. The Balaban J connectivity index is 1.62. The van der Waals surface area contributed by atoms with Crippen LogP contribution < -0.4 is 0 Å². The quantitative estimate of drug-likeness (QED) is 0.675. The van der Waals surface area contributed by atoms with Crippen LogP contribution >= 0.6 is 0 Å². The first-order valence-corrected chi connectivity index (χ1v) is 7.33. The molecule has 3 aromatic rings. The number of hydrogen-bond donors (Lipinski definition) is 0. The molecule has 0 saturated heterocycles. The molecule has 0 spiro atoms. The van der Waals surface area contributed by atoms with Crippen LogP contribution in [0.3, 0.4) is 0 Å². The highest BCUT2D eigenvalue weighted by atomic mass is 16.5. The van der Waals surface area contributed by atoms with Gasteiger partial charge < -0.3 is 4.74 Å². The third-order valence-corrected chi connectivity index (χ3v) is 3.50. The Hall–Kier alpha value is -3.46. The predicted molar refractivity (Wildman–Crippen MR) is 85.8 cm³/mol. The minimum absolute atomic E-state index is 0.0727. The molecule has 118 valence electrons. The first-order valence-electron chi connectivity index (χ1n) is 7.33. The van der Waals surface area contributed by atoms with E-state index < -0.39 is 5.97 Å². The van der Waals surface area contributed by atoms with Crippen LogP contribution in [0.4, 0.5) is 0 Å². The van der Waals surface area contributed by atoms with Crippen molar-refractivity contribution in [3.05, 3.63) is 83.4 Å². The molecule has 24 heavy (non-hydrogen) atoms. The first-order chi connectivity index (χ1) is 11.8. The van der Waals surface area contributed by atoms with Crippen LogP contribution in [0.15, 0.2) is 61.2 Å². The average molecular weight is 318 g/mol. The maximum Gasteiger partial charge on any atom is 0.338 e. The van der Waals surface area contributed by atoms with Crippen LogP contribution in [0.2, 0.25) is 0 Å². The van der Waals surface area contributed by atoms with Crippen molar-refractivity contribution in [1.29, 1.82) is 5.26 Å². The minimum atomic E-state index is -0.421. The summed E-state index contributed by atoms with van der Waals surface area (Å²) < 4.78 is 6.99. The van der Waals surface area contributed by atoms with Gasteiger partial charge in [-0.3, -0.25) is 0 Å². The summed E-state index contributed by atoms with van der Waals surface area (Å²) in [6.07, 6.45) is 3.11. The largest absolute Gasteiger partial charge is 0.457 e. The fraction of sp³-hybridized carbons (Fsp3) is 0.111. The number of carbonyl (C=O) groups is 1. The number of hydrogen-bond acceptors (Lipinski definition) is 5. The average Bonchev–Trinajstić information content (AvgIpc) is 3.13. The second-order valence-electron chi connectivity index (χ2n) is 5.14. The van der Waals surface area contributed by atoms with E-state index in [2.05, 4.69) is 16.2 Å². The van der Waals surface area contributed by atoms with E-state index in [4.69, 9.17) is 10.00 Å². The van der Waals surface area contributed by atoms with Crippen molar-refractivity contribution >= 4 is 5.97 Å². The van der Waals surface area contributed by atoms with Gasteiger partial charge in [0.25, 0.3) is 0 Å². The van der Waals surface area contributed by atoms with E-state index in [0.29, 0.717) is 23.2 Å². The smallest absolute Gasteiger partial charge is 0.338 e. The standard InChI is InChI=1S/C18H14N4O2/c19-9-16-3-1-2-4-17(16)11-24-18(23)15-7-5-14(6-8-15)10-22-13-20-12-21-22/h1-8,12-13H,10-11H2. The SMILES string of the molecule is N#Cc1ccccc1COC(=O)c1ccc(Cn2cncn2)cc1. The van der Waals surface area contributed by atoms with Crippen LogP contribution in [-0.2, 0) is 17.9 Å². The Morgan fingerprint density at radius 3 is 2.67 bits per heavy atom. The summed E-state index contributed by atoms with van der Waals surface area (Å²) in [7, 11) is 0. The Morgan fingerprint density at radius 1 is 1.17 bits per heavy atom. The van der Waals surface area contributed by atoms with Gasteiger partial charge in [0.1, 0.15) is 19.3 Å². The van der Waals surface area contributed by atoms with Gasteiger partial charge >= 0.3 is 5.97 Å². The normalized spacial score (nSPS) is 10.1. The lowest BCUT2D eigenvalue weighted by atomic mass is 10.1. The molecule has 1 heterocycles. The van der Waals surface area contributed by atoms with Gasteiger partial charge in [-0.15, -0.1) is 0 Å². The summed E-state index contributed by atoms with van der Waals surface area (Å²) in [5, 5.41) is 13.1. The van der Waals surface area contributed by atoms with Crippen molar-refractivity contribution in [2.75, 3.05) is 0 Å². The van der Waals surface area contributed by atoms with Crippen LogP contribution in [0, 0.1) is 11.3 Å². The molecule has 0 aliphatic carbocycles. The van der Waals surface area contributed by atoms with Crippen LogP contribution in [0.5, 0.6) is 0 Å². The van der Waals surface area contributed by atoms with Gasteiger partial charge in [0.2, 0.25) is 0 Å². The summed E-state index contributed by atoms with van der Waals surface area (Å²) in [5.41, 5.74) is 2.67. The van der Waals surface area contributed by atoms with E-state index in [-0.39, 0.29) is 6.61 Å².